The quantitative estimate of drug-likeness (QED) is 0.0839. The molecule has 0 unspecified atom stereocenters. The molecule has 21 aromatic carbocycles. The molecule has 0 atom stereocenters. The molecule has 0 aliphatic rings. The Balaban J connectivity index is 0.603. The Morgan fingerprint density at radius 2 is 0.331 bits per heavy atom. The molecule has 0 aromatic heterocycles. The van der Waals surface area contributed by atoms with E-state index in [2.05, 4.69) is 483 Å². The number of hydrogen-bond acceptors (Lipinski definition) is 2. The summed E-state index contributed by atoms with van der Waals surface area (Å²) in [6.07, 6.45) is 0. The van der Waals surface area contributed by atoms with Crippen LogP contribution in [0.1, 0.15) is 0 Å². The van der Waals surface area contributed by atoms with E-state index in [4.69, 9.17) is 0 Å². The van der Waals surface area contributed by atoms with E-state index in [0.29, 0.717) is 0 Å². The number of benzene rings is 21. The van der Waals surface area contributed by atoms with Gasteiger partial charge in [-0.2, -0.15) is 0 Å². The lowest BCUT2D eigenvalue weighted by atomic mass is 9.88. The third kappa shape index (κ3) is 13.3. The van der Waals surface area contributed by atoms with Gasteiger partial charge in [0.15, 0.2) is 0 Å². The van der Waals surface area contributed by atoms with Crippen molar-refractivity contribution in [1.82, 2.24) is 0 Å². The van der Waals surface area contributed by atoms with E-state index in [1.165, 1.54) is 126 Å². The standard InChI is InChI=1S/C116H78N2/c1-5-24-79(25-6-1)81-48-54-92(55-49-81)115-77-96(69-72-112(115)105-36-16-15-35-101(105)85-28-9-3-10-29-85)117(93-64-58-90(59-65-93)100-43-23-33-86-32-13-14-34-99(86)100)94-66-60-91(61-67-94)103-75-74-102(106-37-17-18-38-107(103)106)88-50-44-82(45-51-88)83-46-52-89(53-47-83)104-71-68-97(76-114(104)87-30-11-4-12-31-87)118(95-62-56-84(57-63-95)80-26-7-2-8-27-80)98-70-73-113-110-41-20-19-39-108(110)109-40-21-22-42-111(109)116(113)78-98/h1-78H. The van der Waals surface area contributed by atoms with E-state index in [-0.39, 0.29) is 0 Å². The zero-order valence-electron chi connectivity index (χ0n) is 64.9. The number of fused-ring (bicyclic) bond motifs is 8. The van der Waals surface area contributed by atoms with Gasteiger partial charge in [0, 0.05) is 34.1 Å². The second-order valence-electron chi connectivity index (χ2n) is 30.6. The summed E-state index contributed by atoms with van der Waals surface area (Å²) >= 11 is 0. The molecule has 0 heterocycles. The first-order valence-electron chi connectivity index (χ1n) is 40.7. The largest absolute Gasteiger partial charge is 0.310 e. The summed E-state index contributed by atoms with van der Waals surface area (Å²) in [7, 11) is 0. The van der Waals surface area contributed by atoms with Crippen LogP contribution in [0.2, 0.25) is 0 Å². The lowest BCUT2D eigenvalue weighted by Gasteiger charge is -2.27. The molecule has 0 saturated carbocycles. The summed E-state index contributed by atoms with van der Waals surface area (Å²) in [5.74, 6) is 0. The second-order valence-corrected chi connectivity index (χ2v) is 30.6. The molecule has 552 valence electrons. The zero-order chi connectivity index (χ0) is 78.2. The Bertz CT molecular complexity index is 7230. The fourth-order valence-electron chi connectivity index (χ4n) is 17.9. The van der Waals surface area contributed by atoms with Crippen molar-refractivity contribution in [2.75, 3.05) is 9.80 Å². The van der Waals surface area contributed by atoms with E-state index in [9.17, 15) is 0 Å². The van der Waals surface area contributed by atoms with E-state index < -0.39 is 0 Å². The van der Waals surface area contributed by atoms with Crippen molar-refractivity contribution in [3.63, 3.8) is 0 Å². The van der Waals surface area contributed by atoms with Crippen LogP contribution in [0.4, 0.5) is 34.1 Å². The molecule has 118 heavy (non-hydrogen) atoms. The van der Waals surface area contributed by atoms with Gasteiger partial charge in [-0.05, 0) is 249 Å². The lowest BCUT2D eigenvalue weighted by Crippen LogP contribution is -2.10. The maximum atomic E-state index is 2.43. The highest BCUT2D eigenvalue weighted by molar-refractivity contribution is 6.26. The van der Waals surface area contributed by atoms with Gasteiger partial charge >= 0.3 is 0 Å². The van der Waals surface area contributed by atoms with Crippen molar-refractivity contribution in [1.29, 1.82) is 0 Å². The van der Waals surface area contributed by atoms with Crippen LogP contribution >= 0.6 is 0 Å². The molecule has 0 spiro atoms. The third-order valence-corrected chi connectivity index (χ3v) is 23.7. The summed E-state index contributed by atoms with van der Waals surface area (Å²) in [4.78, 5) is 4.84. The van der Waals surface area contributed by atoms with E-state index in [0.717, 1.165) is 84.2 Å². The number of hydrogen-bond donors (Lipinski definition) is 0. The fourth-order valence-corrected chi connectivity index (χ4v) is 17.9. The van der Waals surface area contributed by atoms with Crippen LogP contribution in [0.5, 0.6) is 0 Å². The molecule has 0 radical (unpaired) electrons. The first-order chi connectivity index (χ1) is 58.5. The number of rotatable bonds is 17. The van der Waals surface area contributed by atoms with Crippen molar-refractivity contribution in [3.05, 3.63) is 473 Å². The van der Waals surface area contributed by atoms with Crippen molar-refractivity contribution in [2.45, 2.75) is 0 Å². The number of nitrogens with zero attached hydrogens (tertiary/aromatic N) is 2. The van der Waals surface area contributed by atoms with Gasteiger partial charge in [0.1, 0.15) is 0 Å². The minimum absolute atomic E-state index is 1.05. The summed E-state index contributed by atoms with van der Waals surface area (Å²) in [5.41, 5.74) is 32.2. The summed E-state index contributed by atoms with van der Waals surface area (Å²) in [6, 6.07) is 174. The summed E-state index contributed by atoms with van der Waals surface area (Å²) in [5, 5.41) is 12.4. The van der Waals surface area contributed by atoms with Gasteiger partial charge in [0.25, 0.3) is 0 Å². The van der Waals surface area contributed by atoms with Gasteiger partial charge in [-0.3, -0.25) is 0 Å². The minimum atomic E-state index is 1.05. The molecule has 0 aliphatic heterocycles. The zero-order valence-corrected chi connectivity index (χ0v) is 64.9. The molecule has 0 aliphatic carbocycles. The molecule has 0 fully saturated rings. The van der Waals surface area contributed by atoms with Gasteiger partial charge in [0.2, 0.25) is 0 Å². The second kappa shape index (κ2) is 30.8. The Kier molecular flexibility index (Phi) is 18.4. The van der Waals surface area contributed by atoms with Crippen molar-refractivity contribution in [2.24, 2.45) is 0 Å². The van der Waals surface area contributed by atoms with Crippen LogP contribution < -0.4 is 9.80 Å². The maximum absolute atomic E-state index is 2.43. The van der Waals surface area contributed by atoms with E-state index >= 15 is 0 Å². The predicted molar refractivity (Wildman–Crippen MR) is 503 cm³/mol. The topological polar surface area (TPSA) is 6.48 Å². The van der Waals surface area contributed by atoms with Gasteiger partial charge in [-0.1, -0.05) is 400 Å². The molecule has 0 N–H and O–H groups in total. The summed E-state index contributed by atoms with van der Waals surface area (Å²) in [6.45, 7) is 0. The Morgan fingerprint density at radius 1 is 0.102 bits per heavy atom. The van der Waals surface area contributed by atoms with Gasteiger partial charge in [0.05, 0.1) is 0 Å². The Labute approximate surface area is 688 Å². The first-order valence-corrected chi connectivity index (χ1v) is 40.7. The van der Waals surface area contributed by atoms with Crippen molar-refractivity contribution in [3.8, 4) is 122 Å². The molecule has 0 bridgehead atoms. The van der Waals surface area contributed by atoms with E-state index in [1.54, 1.807) is 0 Å². The Hall–Kier alpha value is -15.5. The van der Waals surface area contributed by atoms with Crippen LogP contribution in [-0.4, -0.2) is 0 Å². The first kappa shape index (κ1) is 70.4. The average molecular weight is 1500 g/mol. The van der Waals surface area contributed by atoms with Gasteiger partial charge in [-0.25, -0.2) is 0 Å². The normalized spacial score (nSPS) is 11.4. The molecular formula is C116H78N2. The van der Waals surface area contributed by atoms with Crippen molar-refractivity contribution >= 4 is 88.0 Å². The van der Waals surface area contributed by atoms with E-state index in [1.807, 2.05) is 0 Å². The van der Waals surface area contributed by atoms with Crippen LogP contribution in [0.15, 0.2) is 473 Å². The van der Waals surface area contributed by atoms with Crippen LogP contribution in [0.25, 0.3) is 176 Å². The van der Waals surface area contributed by atoms with Crippen LogP contribution in [-0.2, 0) is 0 Å². The molecule has 21 aromatic rings. The highest BCUT2D eigenvalue weighted by Gasteiger charge is 2.23. The predicted octanol–water partition coefficient (Wildman–Crippen LogP) is 32.7. The molecule has 0 amide bonds. The fraction of sp³-hybridized carbons (Fsp3) is 0. The SMILES string of the molecule is c1ccc(-c2ccc(-c3cc(N(c4ccc(-c5cccc6ccccc56)cc4)c4ccc(-c5ccc(-c6ccc(-c7ccc(-c8ccc(N(c9ccc(-c%10ccccc%10)cc9)c9ccc%10c%11ccccc%11c%11ccccc%11c%10c9)cc8-c8ccccc8)cc7)cc6)c6ccccc56)cc4)ccc3-c3ccccc3-c3ccccc3)cc2)cc1. The maximum Gasteiger partial charge on any atom is 0.0468 e. The molecular weight excluding hydrogens is 1420 g/mol. The molecule has 21 rings (SSSR count). The van der Waals surface area contributed by atoms with Gasteiger partial charge in [-0.15, -0.1) is 0 Å². The smallest absolute Gasteiger partial charge is 0.0468 e. The van der Waals surface area contributed by atoms with Crippen LogP contribution in [0, 0.1) is 0 Å². The van der Waals surface area contributed by atoms with Crippen molar-refractivity contribution < 1.29 is 0 Å². The highest BCUT2D eigenvalue weighted by Crippen LogP contribution is 2.49. The van der Waals surface area contributed by atoms with Gasteiger partial charge < -0.3 is 9.80 Å². The van der Waals surface area contributed by atoms with Crippen LogP contribution in [0.3, 0.4) is 0 Å². The Morgan fingerprint density at radius 3 is 0.805 bits per heavy atom. The number of anilines is 6. The molecule has 0 saturated heterocycles. The average Bonchev–Trinajstić information content (AvgIpc) is 0.721. The molecule has 2 nitrogen and oxygen atoms in total. The lowest BCUT2D eigenvalue weighted by molar-refractivity contribution is 1.28. The molecule has 2 heteroatoms. The minimum Gasteiger partial charge on any atom is -0.310 e. The summed E-state index contributed by atoms with van der Waals surface area (Å²) < 4.78 is 0. The third-order valence-electron chi connectivity index (χ3n) is 23.7. The highest BCUT2D eigenvalue weighted by atomic mass is 15.1. The monoisotopic (exact) mass is 1500 g/mol.